The third-order valence-electron chi connectivity index (χ3n) is 3.01. The van der Waals surface area contributed by atoms with Gasteiger partial charge in [-0.25, -0.2) is 9.48 Å². The number of hydrogen-bond donors (Lipinski definition) is 1. The smallest absolute Gasteiger partial charge is 0.358 e. The lowest BCUT2D eigenvalue weighted by molar-refractivity contribution is -0.384. The average molecular weight is 290 g/mol. The molecule has 0 amide bonds. The topological polar surface area (TPSA) is 111 Å². The van der Waals surface area contributed by atoms with Crippen molar-refractivity contribution in [2.24, 2.45) is 0 Å². The first kappa shape index (κ1) is 14.6. The Morgan fingerprint density at radius 1 is 1.43 bits per heavy atom. The lowest BCUT2D eigenvalue weighted by Gasteiger charge is -2.10. The number of carbonyl (C=O) groups is 1. The van der Waals surface area contributed by atoms with Crippen molar-refractivity contribution < 1.29 is 14.8 Å². The second-order valence-electron chi connectivity index (χ2n) is 4.94. The second kappa shape index (κ2) is 5.31. The lowest BCUT2D eigenvalue weighted by atomic mass is 10.1. The van der Waals surface area contributed by atoms with E-state index in [2.05, 4.69) is 10.3 Å². The Hall–Kier alpha value is -2.77. The zero-order chi connectivity index (χ0) is 15.7. The summed E-state index contributed by atoms with van der Waals surface area (Å²) < 4.78 is 1.23. The lowest BCUT2D eigenvalue weighted by Crippen LogP contribution is -2.10. The van der Waals surface area contributed by atoms with Crippen molar-refractivity contribution in [1.29, 1.82) is 0 Å². The maximum Gasteiger partial charge on any atom is 0.358 e. The van der Waals surface area contributed by atoms with E-state index < -0.39 is 10.9 Å². The number of aromatic nitrogens is 3. The molecule has 0 aliphatic rings. The van der Waals surface area contributed by atoms with Crippen LogP contribution in [0.4, 0.5) is 5.69 Å². The van der Waals surface area contributed by atoms with Crippen LogP contribution in [-0.4, -0.2) is 31.0 Å². The van der Waals surface area contributed by atoms with Gasteiger partial charge in [-0.05, 0) is 24.5 Å². The van der Waals surface area contributed by atoms with Gasteiger partial charge in [-0.2, -0.15) is 0 Å². The molecule has 0 saturated heterocycles. The minimum absolute atomic E-state index is 0.140. The molecule has 1 N–H and O–H groups in total. The number of hydrogen-bond acceptors (Lipinski definition) is 5. The molecule has 0 radical (unpaired) electrons. The summed E-state index contributed by atoms with van der Waals surface area (Å²) in [5.74, 6) is -1.41. The number of rotatable bonds is 4. The first-order chi connectivity index (χ1) is 9.82. The van der Waals surface area contributed by atoms with Crippen molar-refractivity contribution in [1.82, 2.24) is 15.0 Å². The molecular formula is C13H14N4O4. The van der Waals surface area contributed by atoms with Gasteiger partial charge in [0.25, 0.3) is 5.69 Å². The Morgan fingerprint density at radius 3 is 2.62 bits per heavy atom. The van der Waals surface area contributed by atoms with E-state index in [0.717, 1.165) is 5.56 Å². The molecule has 0 aliphatic carbocycles. The Morgan fingerprint density at radius 2 is 2.10 bits per heavy atom. The SMILES string of the molecule is Cc1ccc(-n2nnc(C(=O)O)c2C(C)C)c([N+](=O)[O-])c1. The summed E-state index contributed by atoms with van der Waals surface area (Å²) in [4.78, 5) is 21.9. The molecule has 0 saturated carbocycles. The molecule has 0 bridgehead atoms. The molecule has 8 nitrogen and oxygen atoms in total. The van der Waals surface area contributed by atoms with Crippen LogP contribution in [0.15, 0.2) is 18.2 Å². The van der Waals surface area contributed by atoms with Crippen molar-refractivity contribution in [2.45, 2.75) is 26.7 Å². The fraction of sp³-hybridized carbons (Fsp3) is 0.308. The molecule has 1 aromatic carbocycles. The van der Waals surface area contributed by atoms with Gasteiger partial charge in [-0.3, -0.25) is 10.1 Å². The molecule has 21 heavy (non-hydrogen) atoms. The molecule has 1 heterocycles. The molecule has 0 fully saturated rings. The Balaban J connectivity index is 2.73. The van der Waals surface area contributed by atoms with Crippen LogP contribution < -0.4 is 0 Å². The van der Waals surface area contributed by atoms with E-state index in [9.17, 15) is 14.9 Å². The van der Waals surface area contributed by atoms with Gasteiger partial charge in [0.2, 0.25) is 0 Å². The van der Waals surface area contributed by atoms with Crippen LogP contribution in [0, 0.1) is 17.0 Å². The van der Waals surface area contributed by atoms with Crippen LogP contribution in [0.3, 0.4) is 0 Å². The monoisotopic (exact) mass is 290 g/mol. The molecule has 110 valence electrons. The van der Waals surface area contributed by atoms with Crippen LogP contribution in [0.5, 0.6) is 0 Å². The molecule has 2 rings (SSSR count). The van der Waals surface area contributed by atoms with Gasteiger partial charge in [-0.1, -0.05) is 25.1 Å². The highest BCUT2D eigenvalue weighted by Gasteiger charge is 2.26. The minimum atomic E-state index is -1.21. The Labute approximate surface area is 120 Å². The summed E-state index contributed by atoms with van der Waals surface area (Å²) in [6.45, 7) is 5.30. The molecule has 0 unspecified atom stereocenters. The molecule has 0 atom stereocenters. The largest absolute Gasteiger partial charge is 0.476 e. The first-order valence-corrected chi connectivity index (χ1v) is 6.27. The summed E-state index contributed by atoms with van der Waals surface area (Å²) in [6.07, 6.45) is 0. The van der Waals surface area contributed by atoms with Crippen LogP contribution in [0.2, 0.25) is 0 Å². The van der Waals surface area contributed by atoms with Crippen LogP contribution in [0.1, 0.15) is 41.5 Å². The van der Waals surface area contributed by atoms with E-state index >= 15 is 0 Å². The highest BCUT2D eigenvalue weighted by molar-refractivity contribution is 5.87. The van der Waals surface area contributed by atoms with Gasteiger partial charge >= 0.3 is 5.97 Å². The molecular weight excluding hydrogens is 276 g/mol. The summed E-state index contributed by atoms with van der Waals surface area (Å²) in [5, 5.41) is 27.8. The highest BCUT2D eigenvalue weighted by Crippen LogP contribution is 2.28. The first-order valence-electron chi connectivity index (χ1n) is 6.27. The molecule has 1 aromatic heterocycles. The number of carboxylic acids is 1. The van der Waals surface area contributed by atoms with Gasteiger partial charge < -0.3 is 5.11 Å². The zero-order valence-electron chi connectivity index (χ0n) is 11.8. The van der Waals surface area contributed by atoms with Gasteiger partial charge in [-0.15, -0.1) is 5.10 Å². The van der Waals surface area contributed by atoms with Gasteiger partial charge in [0.1, 0.15) is 5.69 Å². The molecule has 2 aromatic rings. The second-order valence-corrected chi connectivity index (χ2v) is 4.94. The van der Waals surface area contributed by atoms with Crippen LogP contribution >= 0.6 is 0 Å². The van der Waals surface area contributed by atoms with Crippen molar-refractivity contribution in [2.75, 3.05) is 0 Å². The predicted molar refractivity (Wildman–Crippen MR) is 73.8 cm³/mol. The summed E-state index contributed by atoms with van der Waals surface area (Å²) in [6, 6.07) is 4.66. The van der Waals surface area contributed by atoms with Gasteiger partial charge in [0.15, 0.2) is 5.69 Å². The normalized spacial score (nSPS) is 10.9. The third kappa shape index (κ3) is 2.60. The van der Waals surface area contributed by atoms with Crippen molar-refractivity contribution in [3.8, 4) is 5.69 Å². The van der Waals surface area contributed by atoms with E-state index in [1.165, 1.54) is 10.7 Å². The predicted octanol–water partition coefficient (Wildman–Crippen LogP) is 2.31. The minimum Gasteiger partial charge on any atom is -0.476 e. The summed E-state index contributed by atoms with van der Waals surface area (Å²) >= 11 is 0. The van der Waals surface area contributed by atoms with Gasteiger partial charge in [0, 0.05) is 6.07 Å². The number of nitro benzene ring substituents is 1. The number of nitrogens with zero attached hydrogens (tertiary/aromatic N) is 4. The summed E-state index contributed by atoms with van der Waals surface area (Å²) in [7, 11) is 0. The number of nitro groups is 1. The maximum absolute atomic E-state index is 11.2. The standard InChI is InChI=1S/C13H14N4O4/c1-7(2)12-11(13(18)19)14-15-16(12)9-5-4-8(3)6-10(9)17(20)21/h4-7H,1-3H3,(H,18,19). The number of carboxylic acid groups (broad SMARTS) is 1. The fourth-order valence-corrected chi connectivity index (χ4v) is 2.10. The third-order valence-corrected chi connectivity index (χ3v) is 3.01. The van der Waals surface area contributed by atoms with E-state index in [0.29, 0.717) is 5.69 Å². The average Bonchev–Trinajstić information content (AvgIpc) is 2.83. The maximum atomic E-state index is 11.2. The summed E-state index contributed by atoms with van der Waals surface area (Å²) in [5.41, 5.74) is 0.928. The molecule has 0 aliphatic heterocycles. The molecule has 0 spiro atoms. The number of benzene rings is 1. The van der Waals surface area contributed by atoms with Gasteiger partial charge in [0.05, 0.1) is 10.6 Å². The van der Waals surface area contributed by atoms with Crippen LogP contribution in [-0.2, 0) is 0 Å². The Kier molecular flexibility index (Phi) is 3.70. The van der Waals surface area contributed by atoms with E-state index in [1.807, 2.05) is 0 Å². The quantitative estimate of drug-likeness (QED) is 0.683. The van der Waals surface area contributed by atoms with Crippen LogP contribution in [0.25, 0.3) is 5.69 Å². The van der Waals surface area contributed by atoms with E-state index in [1.54, 1.807) is 32.9 Å². The number of aromatic carboxylic acids is 1. The fourth-order valence-electron chi connectivity index (χ4n) is 2.10. The van der Waals surface area contributed by atoms with E-state index in [-0.39, 0.29) is 23.0 Å². The van der Waals surface area contributed by atoms with Crippen molar-refractivity contribution in [3.05, 3.63) is 45.3 Å². The molecule has 8 heteroatoms. The highest BCUT2D eigenvalue weighted by atomic mass is 16.6. The number of aryl methyl sites for hydroxylation is 1. The van der Waals surface area contributed by atoms with E-state index in [4.69, 9.17) is 5.11 Å². The zero-order valence-corrected chi connectivity index (χ0v) is 11.8. The van der Waals surface area contributed by atoms with Crippen molar-refractivity contribution in [3.63, 3.8) is 0 Å². The van der Waals surface area contributed by atoms with Crippen molar-refractivity contribution >= 4 is 11.7 Å². The Bertz CT molecular complexity index is 721.